The summed E-state index contributed by atoms with van der Waals surface area (Å²) in [7, 11) is 4.06. The second-order valence-electron chi connectivity index (χ2n) is 11.8. The van der Waals surface area contributed by atoms with Gasteiger partial charge in [-0.3, -0.25) is 9.48 Å². The molecule has 4 heterocycles. The maximum atomic E-state index is 14.5. The van der Waals surface area contributed by atoms with Crippen LogP contribution in [0.4, 0.5) is 5.95 Å². The molecule has 0 saturated carbocycles. The number of ether oxygens (including phenoxy) is 1. The van der Waals surface area contributed by atoms with E-state index in [4.69, 9.17) is 9.72 Å². The van der Waals surface area contributed by atoms with Crippen LogP contribution < -0.4 is 10.1 Å². The van der Waals surface area contributed by atoms with Crippen LogP contribution in [0.1, 0.15) is 63.1 Å². The first-order valence-corrected chi connectivity index (χ1v) is 14.5. The lowest BCUT2D eigenvalue weighted by molar-refractivity contribution is -0.144. The van der Waals surface area contributed by atoms with Gasteiger partial charge in [0.15, 0.2) is 0 Å². The number of benzene rings is 1. The minimum absolute atomic E-state index is 0.0840. The van der Waals surface area contributed by atoms with Crippen molar-refractivity contribution in [1.82, 2.24) is 29.5 Å². The molecule has 2 aliphatic heterocycles. The summed E-state index contributed by atoms with van der Waals surface area (Å²) in [5.41, 5.74) is 3.86. The Labute approximate surface area is 237 Å². The Balaban J connectivity index is 1.40. The zero-order chi connectivity index (χ0) is 28.4. The van der Waals surface area contributed by atoms with Crippen molar-refractivity contribution in [3.63, 3.8) is 0 Å². The first-order valence-electron chi connectivity index (χ1n) is 14.5. The van der Waals surface area contributed by atoms with Crippen LogP contribution in [0.25, 0.3) is 0 Å². The topological polar surface area (TPSA) is 88.4 Å². The van der Waals surface area contributed by atoms with Crippen molar-refractivity contribution in [2.24, 2.45) is 13.0 Å². The SMILES string of the molecule is CC[C@]1(c2cccc(OC(C)C)c2)CN(C)CC[C@@H]1C(=O)N1Cc2nc(NCc3ccn(C)n3)ncc2C[C@H]1C. The number of hydrogen-bond acceptors (Lipinski definition) is 7. The minimum atomic E-state index is -0.290. The minimum Gasteiger partial charge on any atom is -0.491 e. The number of aromatic nitrogens is 4. The molecular weight excluding hydrogens is 502 g/mol. The van der Waals surface area contributed by atoms with Crippen molar-refractivity contribution in [3.8, 4) is 5.75 Å². The molecule has 9 nitrogen and oxygen atoms in total. The van der Waals surface area contributed by atoms with E-state index in [2.05, 4.69) is 64.3 Å². The van der Waals surface area contributed by atoms with Crippen molar-refractivity contribution in [1.29, 1.82) is 0 Å². The fourth-order valence-electron chi connectivity index (χ4n) is 6.47. The van der Waals surface area contributed by atoms with Crippen LogP contribution in [0.3, 0.4) is 0 Å². The maximum Gasteiger partial charge on any atom is 0.227 e. The number of fused-ring (bicyclic) bond motifs is 1. The van der Waals surface area contributed by atoms with Crippen LogP contribution in [-0.2, 0) is 36.8 Å². The molecule has 1 N–H and O–H groups in total. The van der Waals surface area contributed by atoms with E-state index in [0.717, 1.165) is 55.1 Å². The first-order chi connectivity index (χ1) is 19.2. The number of nitrogens with zero attached hydrogens (tertiary/aromatic N) is 6. The molecule has 1 saturated heterocycles. The van der Waals surface area contributed by atoms with E-state index in [1.807, 2.05) is 45.4 Å². The second kappa shape index (κ2) is 11.6. The molecule has 1 fully saturated rings. The highest BCUT2D eigenvalue weighted by atomic mass is 16.5. The molecule has 5 rings (SSSR count). The molecule has 1 aromatic carbocycles. The Hall–Kier alpha value is -3.46. The van der Waals surface area contributed by atoms with E-state index in [-0.39, 0.29) is 29.4 Å². The summed E-state index contributed by atoms with van der Waals surface area (Å²) in [6.07, 6.45) is 6.39. The largest absolute Gasteiger partial charge is 0.491 e. The number of hydrogen-bond donors (Lipinski definition) is 1. The van der Waals surface area contributed by atoms with E-state index in [1.165, 1.54) is 5.56 Å². The number of aryl methyl sites for hydroxylation is 1. The van der Waals surface area contributed by atoms with Crippen molar-refractivity contribution < 1.29 is 9.53 Å². The van der Waals surface area contributed by atoms with E-state index in [9.17, 15) is 4.79 Å². The quantitative estimate of drug-likeness (QED) is 0.454. The third-order valence-electron chi connectivity index (χ3n) is 8.53. The predicted octanol–water partition coefficient (Wildman–Crippen LogP) is 4.18. The highest BCUT2D eigenvalue weighted by molar-refractivity contribution is 5.81. The summed E-state index contributed by atoms with van der Waals surface area (Å²) < 4.78 is 7.84. The normalized spacial score (nSPS) is 23.2. The van der Waals surface area contributed by atoms with Gasteiger partial charge in [-0.1, -0.05) is 19.1 Å². The number of rotatable bonds is 8. The standard InChI is InChI=1S/C31H43N7O2/c1-7-31(24-9-8-10-26(16-24)40-21(2)3)20-36(5)13-12-27(31)29(39)38-19-28-23(15-22(38)4)17-32-30(34-28)33-18-25-11-14-37(6)35-25/h8-11,14,16-17,21-22,27H,7,12-13,15,18-20H2,1-6H3,(H,32,33,34)/t22-,27-,31-/m1/s1. The Morgan fingerprint density at radius 3 is 2.80 bits per heavy atom. The molecule has 0 spiro atoms. The number of likely N-dealkylation sites (N-methyl/N-ethyl adjacent to an activating group) is 1. The Morgan fingerprint density at radius 2 is 2.08 bits per heavy atom. The molecule has 0 bridgehead atoms. The van der Waals surface area contributed by atoms with Crippen LogP contribution in [0.15, 0.2) is 42.7 Å². The van der Waals surface area contributed by atoms with Gasteiger partial charge >= 0.3 is 0 Å². The molecule has 0 aliphatic carbocycles. The molecule has 2 aromatic heterocycles. The lowest BCUT2D eigenvalue weighted by Gasteiger charge is -2.49. The number of amides is 1. The van der Waals surface area contributed by atoms with Crippen LogP contribution in [0.5, 0.6) is 5.75 Å². The molecule has 3 aromatic rings. The predicted molar refractivity (Wildman–Crippen MR) is 156 cm³/mol. The van der Waals surface area contributed by atoms with Gasteiger partial charge in [0.2, 0.25) is 11.9 Å². The monoisotopic (exact) mass is 545 g/mol. The van der Waals surface area contributed by atoms with Gasteiger partial charge in [-0.15, -0.1) is 0 Å². The van der Waals surface area contributed by atoms with E-state index >= 15 is 0 Å². The van der Waals surface area contributed by atoms with Crippen LogP contribution in [0.2, 0.25) is 0 Å². The fourth-order valence-corrected chi connectivity index (χ4v) is 6.47. The zero-order valence-electron chi connectivity index (χ0n) is 24.7. The third-order valence-corrected chi connectivity index (χ3v) is 8.53. The summed E-state index contributed by atoms with van der Waals surface area (Å²) in [6.45, 7) is 11.2. The molecule has 0 radical (unpaired) electrons. The van der Waals surface area contributed by atoms with Gasteiger partial charge in [0, 0.05) is 37.4 Å². The zero-order valence-corrected chi connectivity index (χ0v) is 24.7. The number of nitrogens with one attached hydrogen (secondary N) is 1. The summed E-state index contributed by atoms with van der Waals surface area (Å²) in [5, 5.41) is 7.71. The summed E-state index contributed by atoms with van der Waals surface area (Å²) in [4.78, 5) is 28.3. The molecule has 2 aliphatic rings. The number of piperidine rings is 1. The third kappa shape index (κ3) is 5.70. The average molecular weight is 546 g/mol. The smallest absolute Gasteiger partial charge is 0.227 e. The molecule has 214 valence electrons. The van der Waals surface area contributed by atoms with Gasteiger partial charge in [0.05, 0.1) is 36.5 Å². The van der Waals surface area contributed by atoms with E-state index < -0.39 is 0 Å². The highest BCUT2D eigenvalue weighted by Gasteiger charge is 2.48. The molecule has 3 atom stereocenters. The van der Waals surface area contributed by atoms with Gasteiger partial charge in [-0.05, 0) is 83.0 Å². The Kier molecular flexibility index (Phi) is 8.12. The van der Waals surface area contributed by atoms with Crippen molar-refractivity contribution >= 4 is 11.9 Å². The average Bonchev–Trinajstić information content (AvgIpc) is 3.35. The molecule has 0 unspecified atom stereocenters. The van der Waals surface area contributed by atoms with Crippen LogP contribution in [-0.4, -0.2) is 67.7 Å². The lowest BCUT2D eigenvalue weighted by Crippen LogP contribution is -2.57. The van der Waals surface area contributed by atoms with Gasteiger partial charge in [-0.2, -0.15) is 5.10 Å². The van der Waals surface area contributed by atoms with Crippen LogP contribution >= 0.6 is 0 Å². The summed E-state index contributed by atoms with van der Waals surface area (Å²) >= 11 is 0. The first kappa shape index (κ1) is 28.1. The molecule has 1 amide bonds. The summed E-state index contributed by atoms with van der Waals surface area (Å²) in [6, 6.07) is 10.5. The van der Waals surface area contributed by atoms with Crippen LogP contribution in [0, 0.1) is 5.92 Å². The van der Waals surface area contributed by atoms with Gasteiger partial charge in [0.1, 0.15) is 5.75 Å². The van der Waals surface area contributed by atoms with Gasteiger partial charge < -0.3 is 19.9 Å². The summed E-state index contributed by atoms with van der Waals surface area (Å²) in [5.74, 6) is 1.54. The highest BCUT2D eigenvalue weighted by Crippen LogP contribution is 2.44. The Morgan fingerprint density at radius 1 is 1.25 bits per heavy atom. The van der Waals surface area contributed by atoms with E-state index in [1.54, 1.807) is 4.68 Å². The van der Waals surface area contributed by atoms with E-state index in [0.29, 0.717) is 19.0 Å². The van der Waals surface area contributed by atoms with Crippen molar-refractivity contribution in [2.75, 3.05) is 25.5 Å². The molecular formula is C31H43N7O2. The number of anilines is 1. The number of likely N-dealkylation sites (tertiary alicyclic amines) is 1. The Bertz CT molecular complexity index is 1340. The van der Waals surface area contributed by atoms with Crippen molar-refractivity contribution in [2.45, 2.75) is 77.6 Å². The number of carbonyl (C=O) groups is 1. The lowest BCUT2D eigenvalue weighted by atomic mass is 9.64. The molecule has 40 heavy (non-hydrogen) atoms. The molecule has 9 heteroatoms. The van der Waals surface area contributed by atoms with Gasteiger partial charge in [-0.25, -0.2) is 9.97 Å². The maximum absolute atomic E-state index is 14.5. The second-order valence-corrected chi connectivity index (χ2v) is 11.8. The van der Waals surface area contributed by atoms with Gasteiger partial charge in [0.25, 0.3) is 0 Å². The number of carbonyl (C=O) groups excluding carboxylic acids is 1. The fraction of sp³-hybridized carbons (Fsp3) is 0.548. The van der Waals surface area contributed by atoms with Crippen molar-refractivity contribution in [3.05, 3.63) is 65.2 Å².